The highest BCUT2D eigenvalue weighted by Crippen LogP contribution is 2.25. The summed E-state index contributed by atoms with van der Waals surface area (Å²) in [5.74, 6) is -0.139. The fourth-order valence-corrected chi connectivity index (χ4v) is 2.56. The first-order valence-electron chi connectivity index (χ1n) is 6.52. The van der Waals surface area contributed by atoms with Gasteiger partial charge in [-0.05, 0) is 42.8 Å². The zero-order chi connectivity index (χ0) is 15.0. The Morgan fingerprint density at radius 3 is 2.81 bits per heavy atom. The number of aromatic nitrogens is 1. The van der Waals surface area contributed by atoms with Gasteiger partial charge in [0.2, 0.25) is 0 Å². The van der Waals surface area contributed by atoms with Gasteiger partial charge in [-0.15, -0.1) is 0 Å². The van der Waals surface area contributed by atoms with Crippen LogP contribution in [0.1, 0.15) is 27.0 Å². The molecule has 3 N–H and O–H groups in total. The molecule has 0 aliphatic rings. The standard InChI is InChI=1S/C17H13N3O/c1-10-5-12(7-13(19)6-10)17(21)14-9-20-15-4-2-3-11(8-18)16(14)15/h2-7,9,20H,19H2,1H3. The molecule has 0 fully saturated rings. The molecule has 1 heterocycles. The SMILES string of the molecule is Cc1cc(N)cc(C(=O)c2c[nH]c3cccc(C#N)c23)c1. The zero-order valence-electron chi connectivity index (χ0n) is 11.5. The number of carbonyl (C=O) groups is 1. The number of nitrogen functional groups attached to an aromatic ring is 1. The molecule has 2 aromatic carbocycles. The Morgan fingerprint density at radius 2 is 2.10 bits per heavy atom. The van der Waals surface area contributed by atoms with Gasteiger partial charge in [0, 0.05) is 33.9 Å². The summed E-state index contributed by atoms with van der Waals surface area (Å²) in [6.07, 6.45) is 1.65. The van der Waals surface area contributed by atoms with Crippen LogP contribution in [0, 0.1) is 18.3 Å². The van der Waals surface area contributed by atoms with E-state index >= 15 is 0 Å². The number of rotatable bonds is 2. The molecule has 3 rings (SSSR count). The third kappa shape index (κ3) is 2.15. The smallest absolute Gasteiger partial charge is 0.195 e. The maximum atomic E-state index is 12.7. The maximum absolute atomic E-state index is 12.7. The van der Waals surface area contributed by atoms with Crippen LogP contribution in [0.5, 0.6) is 0 Å². The highest BCUT2D eigenvalue weighted by molar-refractivity contribution is 6.17. The van der Waals surface area contributed by atoms with E-state index in [0.29, 0.717) is 27.8 Å². The van der Waals surface area contributed by atoms with Crippen molar-refractivity contribution in [2.75, 3.05) is 5.73 Å². The molecule has 102 valence electrons. The molecule has 0 aliphatic carbocycles. The second kappa shape index (κ2) is 4.80. The van der Waals surface area contributed by atoms with E-state index in [-0.39, 0.29) is 5.78 Å². The fourth-order valence-electron chi connectivity index (χ4n) is 2.56. The molecule has 3 aromatic rings. The van der Waals surface area contributed by atoms with Crippen molar-refractivity contribution in [1.82, 2.24) is 4.98 Å². The molecule has 0 atom stereocenters. The average Bonchev–Trinajstić information content (AvgIpc) is 2.89. The molecule has 0 unspecified atom stereocenters. The molecule has 0 radical (unpaired) electrons. The largest absolute Gasteiger partial charge is 0.399 e. The van der Waals surface area contributed by atoms with Crippen LogP contribution in [0.3, 0.4) is 0 Å². The first-order chi connectivity index (χ1) is 10.1. The summed E-state index contributed by atoms with van der Waals surface area (Å²) >= 11 is 0. The number of aromatic amines is 1. The van der Waals surface area contributed by atoms with Crippen LogP contribution in [0.15, 0.2) is 42.6 Å². The maximum Gasteiger partial charge on any atom is 0.195 e. The van der Waals surface area contributed by atoms with Crippen LogP contribution in [0.25, 0.3) is 10.9 Å². The van der Waals surface area contributed by atoms with Crippen LogP contribution >= 0.6 is 0 Å². The van der Waals surface area contributed by atoms with Crippen molar-refractivity contribution >= 4 is 22.4 Å². The normalized spacial score (nSPS) is 10.5. The summed E-state index contributed by atoms with van der Waals surface area (Å²) < 4.78 is 0. The van der Waals surface area contributed by atoms with Crippen molar-refractivity contribution in [1.29, 1.82) is 5.26 Å². The lowest BCUT2D eigenvalue weighted by Gasteiger charge is -2.04. The lowest BCUT2D eigenvalue weighted by Crippen LogP contribution is -2.02. The van der Waals surface area contributed by atoms with Crippen molar-refractivity contribution < 1.29 is 4.79 Å². The van der Waals surface area contributed by atoms with Crippen LogP contribution in [0.4, 0.5) is 5.69 Å². The van der Waals surface area contributed by atoms with E-state index in [1.165, 1.54) is 0 Å². The van der Waals surface area contributed by atoms with Gasteiger partial charge in [-0.3, -0.25) is 4.79 Å². The minimum Gasteiger partial charge on any atom is -0.399 e. The molecule has 21 heavy (non-hydrogen) atoms. The number of nitriles is 1. The molecule has 4 nitrogen and oxygen atoms in total. The Balaban J connectivity index is 2.21. The van der Waals surface area contributed by atoms with Gasteiger partial charge in [0.05, 0.1) is 11.6 Å². The molecule has 0 saturated carbocycles. The molecule has 0 amide bonds. The van der Waals surface area contributed by atoms with Gasteiger partial charge in [-0.2, -0.15) is 5.26 Å². The second-order valence-corrected chi connectivity index (χ2v) is 5.00. The average molecular weight is 275 g/mol. The number of anilines is 1. The van der Waals surface area contributed by atoms with E-state index in [2.05, 4.69) is 11.1 Å². The summed E-state index contributed by atoms with van der Waals surface area (Å²) in [7, 11) is 0. The van der Waals surface area contributed by atoms with Crippen molar-refractivity contribution in [2.45, 2.75) is 6.92 Å². The van der Waals surface area contributed by atoms with E-state index in [0.717, 1.165) is 11.1 Å². The van der Waals surface area contributed by atoms with Gasteiger partial charge in [0.15, 0.2) is 5.78 Å². The number of fused-ring (bicyclic) bond motifs is 1. The Labute approximate surface area is 121 Å². The topological polar surface area (TPSA) is 82.7 Å². The van der Waals surface area contributed by atoms with E-state index < -0.39 is 0 Å². The first-order valence-corrected chi connectivity index (χ1v) is 6.52. The molecule has 0 spiro atoms. The van der Waals surface area contributed by atoms with Gasteiger partial charge in [-0.1, -0.05) is 6.07 Å². The number of nitrogens with two attached hydrogens (primary N) is 1. The Bertz CT molecular complexity index is 880. The van der Waals surface area contributed by atoms with Crippen LogP contribution in [0.2, 0.25) is 0 Å². The molecule has 0 saturated heterocycles. The van der Waals surface area contributed by atoms with E-state index in [9.17, 15) is 10.1 Å². The third-order valence-electron chi connectivity index (χ3n) is 3.43. The highest BCUT2D eigenvalue weighted by atomic mass is 16.1. The Morgan fingerprint density at radius 1 is 1.29 bits per heavy atom. The van der Waals surface area contributed by atoms with Crippen LogP contribution in [-0.4, -0.2) is 10.8 Å². The molecular weight excluding hydrogens is 262 g/mol. The summed E-state index contributed by atoms with van der Waals surface area (Å²) in [6.45, 7) is 1.89. The highest BCUT2D eigenvalue weighted by Gasteiger charge is 2.17. The van der Waals surface area contributed by atoms with Gasteiger partial charge < -0.3 is 10.7 Å². The Kier molecular flexibility index (Phi) is 2.96. The van der Waals surface area contributed by atoms with E-state index in [1.807, 2.05) is 19.1 Å². The van der Waals surface area contributed by atoms with Gasteiger partial charge in [0.25, 0.3) is 0 Å². The minimum atomic E-state index is -0.139. The lowest BCUT2D eigenvalue weighted by molar-refractivity contribution is 0.104. The zero-order valence-corrected chi connectivity index (χ0v) is 11.5. The number of hydrogen-bond donors (Lipinski definition) is 2. The molecule has 1 aromatic heterocycles. The number of aryl methyl sites for hydroxylation is 1. The number of ketones is 1. The number of H-pyrrole nitrogens is 1. The van der Waals surface area contributed by atoms with E-state index in [1.54, 1.807) is 30.5 Å². The monoisotopic (exact) mass is 275 g/mol. The quantitative estimate of drug-likeness (QED) is 0.556. The van der Waals surface area contributed by atoms with Gasteiger partial charge in [-0.25, -0.2) is 0 Å². The number of carbonyl (C=O) groups excluding carboxylic acids is 1. The van der Waals surface area contributed by atoms with Crippen molar-refractivity contribution in [3.63, 3.8) is 0 Å². The van der Waals surface area contributed by atoms with Crippen LogP contribution < -0.4 is 5.73 Å². The minimum absolute atomic E-state index is 0.139. The molecular formula is C17H13N3O. The second-order valence-electron chi connectivity index (χ2n) is 5.00. The van der Waals surface area contributed by atoms with Crippen molar-refractivity contribution in [2.24, 2.45) is 0 Å². The summed E-state index contributed by atoms with van der Waals surface area (Å²) in [5.41, 5.74) is 9.57. The van der Waals surface area contributed by atoms with Crippen molar-refractivity contribution in [3.8, 4) is 6.07 Å². The van der Waals surface area contributed by atoms with Crippen LogP contribution in [-0.2, 0) is 0 Å². The third-order valence-corrected chi connectivity index (χ3v) is 3.43. The molecule has 0 bridgehead atoms. The van der Waals surface area contributed by atoms with Crippen molar-refractivity contribution in [3.05, 3.63) is 64.8 Å². The molecule has 4 heteroatoms. The summed E-state index contributed by atoms with van der Waals surface area (Å²) in [6, 6.07) is 12.7. The number of nitrogens with one attached hydrogen (secondary N) is 1. The number of benzene rings is 2. The fraction of sp³-hybridized carbons (Fsp3) is 0.0588. The Hall–Kier alpha value is -3.06. The lowest BCUT2D eigenvalue weighted by atomic mass is 9.98. The molecule has 0 aliphatic heterocycles. The van der Waals surface area contributed by atoms with Gasteiger partial charge >= 0.3 is 0 Å². The summed E-state index contributed by atoms with van der Waals surface area (Å²) in [5, 5.41) is 9.88. The summed E-state index contributed by atoms with van der Waals surface area (Å²) in [4.78, 5) is 15.7. The first kappa shape index (κ1) is 12.9. The number of nitrogens with zero attached hydrogens (tertiary/aromatic N) is 1. The predicted octanol–water partition coefficient (Wildman–Crippen LogP) is 3.16. The van der Waals surface area contributed by atoms with Gasteiger partial charge in [0.1, 0.15) is 0 Å². The van der Waals surface area contributed by atoms with E-state index in [4.69, 9.17) is 5.73 Å². The number of hydrogen-bond acceptors (Lipinski definition) is 3. The predicted molar refractivity (Wildman–Crippen MR) is 82.0 cm³/mol.